The molecule has 15 nitrogen and oxygen atoms in total. The molecule has 3 aliphatic heterocycles. The highest BCUT2D eigenvalue weighted by molar-refractivity contribution is 5.97. The number of hydrogen-bond acceptors (Lipinski definition) is 10. The number of hydrogen-bond donors (Lipinski definition) is 3. The van der Waals surface area contributed by atoms with E-state index < -0.39 is 52.7 Å². The van der Waals surface area contributed by atoms with Crippen LogP contribution < -0.4 is 10.7 Å². The van der Waals surface area contributed by atoms with E-state index in [0.717, 1.165) is 38.9 Å². The molecule has 3 aliphatic rings. The van der Waals surface area contributed by atoms with Crippen molar-refractivity contribution in [3.63, 3.8) is 0 Å². The molecule has 2 saturated heterocycles. The number of aromatic hydroxyl groups is 1. The molecule has 2 fully saturated rings. The lowest BCUT2D eigenvalue weighted by atomic mass is 9.81. The third-order valence-electron chi connectivity index (χ3n) is 13.8. The molecule has 0 unspecified atom stereocenters. The maximum absolute atomic E-state index is 14.8. The van der Waals surface area contributed by atoms with Crippen LogP contribution in [-0.2, 0) is 58.2 Å². The Morgan fingerprint density at radius 1 is 1.09 bits per heavy atom. The molecule has 7 rings (SSSR count). The molecular weight excluding hydrogens is 875 g/mol. The number of ether oxygens (including phenoxy) is 2. The van der Waals surface area contributed by atoms with Gasteiger partial charge in [-0.3, -0.25) is 29.0 Å². The van der Waals surface area contributed by atoms with Gasteiger partial charge in [-0.05, 0) is 92.0 Å². The Kier molecular flexibility index (Phi) is 15.1. The zero-order valence-corrected chi connectivity index (χ0v) is 41.3. The van der Waals surface area contributed by atoms with Gasteiger partial charge in [0.25, 0.3) is 5.91 Å². The Balaban J connectivity index is 1.34. The Morgan fingerprint density at radius 3 is 2.55 bits per heavy atom. The van der Waals surface area contributed by atoms with E-state index in [0.29, 0.717) is 56.5 Å². The summed E-state index contributed by atoms with van der Waals surface area (Å²) >= 11 is 0. The van der Waals surface area contributed by atoms with Gasteiger partial charge in [0.15, 0.2) is 0 Å². The van der Waals surface area contributed by atoms with Gasteiger partial charge in [-0.25, -0.2) is 5.43 Å². The molecule has 4 atom stereocenters. The second-order valence-corrected chi connectivity index (χ2v) is 20.5. The van der Waals surface area contributed by atoms with Crippen molar-refractivity contribution in [2.45, 2.75) is 104 Å². The molecule has 4 heterocycles. The first-order valence-corrected chi connectivity index (χ1v) is 24.0. The van der Waals surface area contributed by atoms with E-state index in [9.17, 15) is 34.3 Å². The number of carbonyl (C=O) groups is 5. The number of cyclic esters (lactones) is 1. The van der Waals surface area contributed by atoms with Crippen LogP contribution in [0.4, 0.5) is 0 Å². The van der Waals surface area contributed by atoms with Crippen molar-refractivity contribution < 1.29 is 38.6 Å². The smallest absolute Gasteiger partial charge is 0.324 e. The van der Waals surface area contributed by atoms with Crippen molar-refractivity contribution in [3.05, 3.63) is 90.0 Å². The van der Waals surface area contributed by atoms with Crippen LogP contribution in [0.25, 0.3) is 33.3 Å². The molecular formula is C54H67N7O8. The second-order valence-electron chi connectivity index (χ2n) is 20.5. The number of hydrazine groups is 1. The van der Waals surface area contributed by atoms with Gasteiger partial charge < -0.3 is 34.3 Å². The maximum atomic E-state index is 14.8. The molecule has 1 aromatic heterocycles. The van der Waals surface area contributed by atoms with Gasteiger partial charge in [0, 0.05) is 74.2 Å². The summed E-state index contributed by atoms with van der Waals surface area (Å²) in [4.78, 5) is 72.6. The highest BCUT2D eigenvalue weighted by Gasteiger charge is 2.41. The van der Waals surface area contributed by atoms with E-state index in [2.05, 4.69) is 46.2 Å². The van der Waals surface area contributed by atoms with Crippen molar-refractivity contribution in [1.29, 1.82) is 5.26 Å². The average Bonchev–Trinajstić information content (AvgIpc) is 3.95. The van der Waals surface area contributed by atoms with Crippen LogP contribution in [0.2, 0.25) is 0 Å². The predicted molar refractivity (Wildman–Crippen MR) is 263 cm³/mol. The lowest BCUT2D eigenvalue weighted by molar-refractivity contribution is -0.155. The Hall–Kier alpha value is -6.50. The number of likely N-dealkylation sites (N-methyl/N-ethyl adjacent to an activating group) is 1. The fourth-order valence-electron chi connectivity index (χ4n) is 10.3. The SMILES string of the molecule is C=CC(=O)N1CC[C@H](C(=O)N(C)[C@H](C(=O)N[C@H]2Cc3cc(O)cc(c3)-c3ccc4c(C(C)(C)C#N)c(-c5ccccc5CCOC)n(c4c3)CC(C)(C)COC(=O)[C@@H]3CCCN(N3)C2=O)C(C)C)C1. The van der Waals surface area contributed by atoms with Crippen LogP contribution in [0.1, 0.15) is 77.5 Å². The molecule has 0 spiro atoms. The van der Waals surface area contributed by atoms with E-state index in [1.54, 1.807) is 31.2 Å². The maximum Gasteiger partial charge on any atom is 0.324 e. The Bertz CT molecular complexity index is 2680. The molecule has 0 saturated carbocycles. The topological polar surface area (TPSA) is 187 Å². The van der Waals surface area contributed by atoms with Gasteiger partial charge in [0.2, 0.25) is 17.7 Å². The number of likely N-dealkylation sites (tertiary alicyclic amines) is 1. The number of phenolic OH excluding ortho intramolecular Hbond substituents is 1. The van der Waals surface area contributed by atoms with E-state index in [4.69, 9.17) is 9.47 Å². The third-order valence-corrected chi connectivity index (χ3v) is 13.8. The number of nitrogens with one attached hydrogen (secondary N) is 2. The number of nitriles is 1. The largest absolute Gasteiger partial charge is 0.508 e. The number of carbonyl (C=O) groups excluding carboxylic acids is 5. The van der Waals surface area contributed by atoms with Crippen molar-refractivity contribution in [3.8, 4) is 34.2 Å². The molecule has 4 amide bonds. The summed E-state index contributed by atoms with van der Waals surface area (Å²) in [6, 6.07) is 18.9. The number of benzene rings is 3. The van der Waals surface area contributed by atoms with Gasteiger partial charge in [-0.15, -0.1) is 0 Å². The standard InChI is InChI=1S/C54H67N7O8/c1-10-45(63)59-22-19-37(29-59)50(65)58(8)47(33(2)3)49(64)56-43-26-34-24-38(27-39(62)25-34)36-17-18-41-44(28-36)60(31-53(4,5)32-69-52(67)42-16-13-21-61(57-42)51(43)66)48(46(41)54(6,7)30-55)40-15-12-11-14-35(40)20-23-68-9/h10-12,14-15,17-18,24-25,27-28,33,37,42-43,47,57,62H,1,13,16,19-23,26,29,31-32H2,2-9H3,(H,56,64)/t37-,42-,43-,47-/m0/s1. The predicted octanol–water partition coefficient (Wildman–Crippen LogP) is 6.29. The highest BCUT2D eigenvalue weighted by Crippen LogP contribution is 2.45. The number of esters is 1. The van der Waals surface area contributed by atoms with Crippen molar-refractivity contribution in [2.24, 2.45) is 17.3 Å². The first-order valence-electron chi connectivity index (χ1n) is 24.0. The number of methoxy groups -OCH3 is 1. The molecule has 0 aliphatic carbocycles. The fraction of sp³-hybridized carbons (Fsp3) is 0.481. The van der Waals surface area contributed by atoms with E-state index in [1.807, 2.05) is 71.9 Å². The third kappa shape index (κ3) is 10.7. The lowest BCUT2D eigenvalue weighted by Gasteiger charge is -2.37. The quantitative estimate of drug-likeness (QED) is 0.114. The van der Waals surface area contributed by atoms with Gasteiger partial charge in [-0.1, -0.05) is 76.7 Å². The summed E-state index contributed by atoms with van der Waals surface area (Å²) in [6.45, 7) is 16.9. The van der Waals surface area contributed by atoms with Crippen molar-refractivity contribution >= 4 is 40.5 Å². The average molecular weight is 942 g/mol. The summed E-state index contributed by atoms with van der Waals surface area (Å²) < 4.78 is 13.9. The van der Waals surface area contributed by atoms with Gasteiger partial charge in [0.05, 0.1) is 36.3 Å². The van der Waals surface area contributed by atoms with Crippen LogP contribution in [0, 0.1) is 28.6 Å². The summed E-state index contributed by atoms with van der Waals surface area (Å²) in [5.41, 5.74) is 8.10. The molecule has 4 aromatic rings. The van der Waals surface area contributed by atoms with Gasteiger partial charge >= 0.3 is 5.97 Å². The van der Waals surface area contributed by atoms with Crippen LogP contribution in [0.15, 0.2) is 73.3 Å². The fourth-order valence-corrected chi connectivity index (χ4v) is 10.3. The van der Waals surface area contributed by atoms with Gasteiger partial charge in [0.1, 0.15) is 23.9 Å². The second kappa shape index (κ2) is 20.6. The van der Waals surface area contributed by atoms with Crippen molar-refractivity contribution in [1.82, 2.24) is 30.1 Å². The highest BCUT2D eigenvalue weighted by atomic mass is 16.5. The molecule has 15 heteroatoms. The summed E-state index contributed by atoms with van der Waals surface area (Å²) in [7, 11) is 3.24. The number of nitrogens with zero attached hydrogens (tertiary/aromatic N) is 5. The molecule has 3 N–H and O–H groups in total. The van der Waals surface area contributed by atoms with Crippen LogP contribution in [0.3, 0.4) is 0 Å². The normalized spacial score (nSPS) is 20.2. The minimum atomic E-state index is -1.19. The number of rotatable bonds is 11. The van der Waals surface area contributed by atoms with Crippen LogP contribution >= 0.6 is 0 Å². The van der Waals surface area contributed by atoms with Crippen LogP contribution in [0.5, 0.6) is 5.75 Å². The number of fused-ring (bicyclic) bond motifs is 6. The zero-order valence-electron chi connectivity index (χ0n) is 41.3. The number of amides is 4. The first kappa shape index (κ1) is 50.4. The summed E-state index contributed by atoms with van der Waals surface area (Å²) in [5, 5.41) is 27.4. The Labute approximate surface area is 405 Å². The minimum absolute atomic E-state index is 0.0416. The summed E-state index contributed by atoms with van der Waals surface area (Å²) in [5.74, 6) is -3.02. The molecule has 0 radical (unpaired) electrons. The molecule has 69 heavy (non-hydrogen) atoms. The number of phenols is 1. The number of aromatic nitrogens is 1. The van der Waals surface area contributed by atoms with Crippen molar-refractivity contribution in [2.75, 3.05) is 47.0 Å². The van der Waals surface area contributed by atoms with E-state index in [-0.39, 0.29) is 49.6 Å². The molecule has 3 aromatic carbocycles. The summed E-state index contributed by atoms with van der Waals surface area (Å²) in [6.07, 6.45) is 3.16. The molecule has 366 valence electrons. The first-order chi connectivity index (χ1) is 32.8. The zero-order chi connectivity index (χ0) is 49.9. The van der Waals surface area contributed by atoms with Gasteiger partial charge in [-0.2, -0.15) is 5.26 Å². The van der Waals surface area contributed by atoms with E-state index in [1.165, 1.54) is 16.0 Å². The monoisotopic (exact) mass is 942 g/mol. The minimum Gasteiger partial charge on any atom is -0.508 e. The van der Waals surface area contributed by atoms with Crippen LogP contribution in [-0.4, -0.2) is 119 Å². The van der Waals surface area contributed by atoms with E-state index >= 15 is 0 Å². The molecule has 6 bridgehead atoms. The Morgan fingerprint density at radius 2 is 1.84 bits per heavy atom. The lowest BCUT2D eigenvalue weighted by Crippen LogP contribution is -2.62.